The van der Waals surface area contributed by atoms with Crippen LogP contribution in [0.1, 0.15) is 24.3 Å². The molecule has 0 N–H and O–H groups in total. The molecule has 0 saturated carbocycles. The van der Waals surface area contributed by atoms with Crippen LogP contribution in [0.3, 0.4) is 0 Å². The van der Waals surface area contributed by atoms with E-state index in [1.54, 1.807) is 18.2 Å². The predicted octanol–water partition coefficient (Wildman–Crippen LogP) is 2.32. The molecule has 1 aliphatic rings. The summed E-state index contributed by atoms with van der Waals surface area (Å²) in [5, 5.41) is 0. The van der Waals surface area contributed by atoms with Crippen LogP contribution in [0.2, 0.25) is 0 Å². The monoisotopic (exact) mass is 221 g/mol. The molecule has 1 radical (unpaired) electrons. The zero-order valence-electron chi connectivity index (χ0n) is 8.60. The minimum atomic E-state index is -3.13. The highest BCUT2D eigenvalue weighted by molar-refractivity contribution is 7.90. The molecule has 0 aromatic heterocycles. The number of hydrogen-bond acceptors (Lipinski definition) is 2. The third-order valence-corrected chi connectivity index (χ3v) is 3.82. The first kappa shape index (κ1) is 10.4. The summed E-state index contributed by atoms with van der Waals surface area (Å²) in [5.74, 6) is 0.288. The normalized spacial score (nSPS) is 17.1. The standard InChI is InChI=1S/C12H13O2S/c1-15(13,14)12-9-5-4-8-11(12)10-6-2-3-7-10/h2-5,9-10H,6-7H2,1H3. The van der Waals surface area contributed by atoms with E-state index in [1.165, 1.54) is 6.26 Å². The van der Waals surface area contributed by atoms with Crippen LogP contribution in [0.15, 0.2) is 35.2 Å². The van der Waals surface area contributed by atoms with Gasteiger partial charge in [-0.1, -0.05) is 24.3 Å². The van der Waals surface area contributed by atoms with Crippen molar-refractivity contribution in [2.75, 3.05) is 6.26 Å². The van der Waals surface area contributed by atoms with E-state index in [0.29, 0.717) is 4.90 Å². The first-order valence-corrected chi connectivity index (χ1v) is 6.84. The number of sulfone groups is 1. The smallest absolute Gasteiger partial charge is 0.175 e. The molecule has 1 aromatic rings. The molecular formula is C12H13O2S. The van der Waals surface area contributed by atoms with Crippen molar-refractivity contribution in [3.05, 3.63) is 42.0 Å². The zero-order valence-corrected chi connectivity index (χ0v) is 9.42. The van der Waals surface area contributed by atoms with Gasteiger partial charge in [0, 0.05) is 6.26 Å². The summed E-state index contributed by atoms with van der Waals surface area (Å²) in [7, 11) is -3.13. The largest absolute Gasteiger partial charge is 0.224 e. The molecule has 15 heavy (non-hydrogen) atoms. The fourth-order valence-electron chi connectivity index (χ4n) is 1.93. The van der Waals surface area contributed by atoms with Gasteiger partial charge >= 0.3 is 0 Å². The van der Waals surface area contributed by atoms with Crippen molar-refractivity contribution in [3.8, 4) is 0 Å². The van der Waals surface area contributed by atoms with Crippen LogP contribution in [-0.4, -0.2) is 14.7 Å². The molecule has 2 nitrogen and oxygen atoms in total. The molecule has 0 heterocycles. The molecule has 0 saturated heterocycles. The maximum atomic E-state index is 11.6. The lowest BCUT2D eigenvalue weighted by molar-refractivity contribution is 0.598. The number of benzene rings is 1. The lowest BCUT2D eigenvalue weighted by Crippen LogP contribution is -2.05. The lowest BCUT2D eigenvalue weighted by atomic mass is 9.97. The Morgan fingerprint density at radius 1 is 1.33 bits per heavy atom. The molecule has 0 bridgehead atoms. The summed E-state index contributed by atoms with van der Waals surface area (Å²) in [6, 6.07) is 8.24. The molecule has 1 aromatic carbocycles. The summed E-state index contributed by atoms with van der Waals surface area (Å²) in [5.41, 5.74) is 0.838. The molecule has 0 fully saturated rings. The van der Waals surface area contributed by atoms with E-state index in [2.05, 4.69) is 18.2 Å². The van der Waals surface area contributed by atoms with Crippen molar-refractivity contribution in [3.63, 3.8) is 0 Å². The van der Waals surface area contributed by atoms with Crippen molar-refractivity contribution in [2.24, 2.45) is 0 Å². The Morgan fingerprint density at radius 2 is 2.00 bits per heavy atom. The Balaban J connectivity index is 2.47. The molecular weight excluding hydrogens is 208 g/mol. The van der Waals surface area contributed by atoms with Crippen molar-refractivity contribution < 1.29 is 8.42 Å². The Hall–Kier alpha value is -1.09. The van der Waals surface area contributed by atoms with Gasteiger partial charge < -0.3 is 0 Å². The second-order valence-electron chi connectivity index (χ2n) is 3.86. The second kappa shape index (κ2) is 3.81. The lowest BCUT2D eigenvalue weighted by Gasteiger charge is -2.13. The highest BCUT2D eigenvalue weighted by Crippen LogP contribution is 2.32. The second-order valence-corrected chi connectivity index (χ2v) is 5.84. The first-order chi connectivity index (χ1) is 7.09. The molecule has 0 amide bonds. The van der Waals surface area contributed by atoms with Gasteiger partial charge in [0.15, 0.2) is 9.84 Å². The maximum absolute atomic E-state index is 11.6. The first-order valence-electron chi connectivity index (χ1n) is 4.94. The van der Waals surface area contributed by atoms with E-state index in [0.717, 1.165) is 18.4 Å². The highest BCUT2D eigenvalue weighted by Gasteiger charge is 2.20. The van der Waals surface area contributed by atoms with E-state index in [4.69, 9.17) is 0 Å². The van der Waals surface area contributed by atoms with E-state index < -0.39 is 9.84 Å². The average molecular weight is 221 g/mol. The predicted molar refractivity (Wildman–Crippen MR) is 59.5 cm³/mol. The van der Waals surface area contributed by atoms with Crippen LogP contribution >= 0.6 is 0 Å². The van der Waals surface area contributed by atoms with Crippen LogP contribution in [0, 0.1) is 6.07 Å². The minimum Gasteiger partial charge on any atom is -0.224 e. The summed E-state index contributed by atoms with van der Waals surface area (Å²) in [4.78, 5) is 0.429. The molecule has 3 heteroatoms. The number of rotatable bonds is 2. The van der Waals surface area contributed by atoms with Gasteiger partial charge in [0.1, 0.15) is 0 Å². The number of hydrogen-bond donors (Lipinski definition) is 0. The van der Waals surface area contributed by atoms with Crippen molar-refractivity contribution in [2.45, 2.75) is 23.7 Å². The maximum Gasteiger partial charge on any atom is 0.175 e. The van der Waals surface area contributed by atoms with Gasteiger partial charge in [-0.15, -0.1) is 0 Å². The van der Waals surface area contributed by atoms with Gasteiger partial charge in [-0.25, -0.2) is 8.42 Å². The van der Waals surface area contributed by atoms with E-state index in [9.17, 15) is 8.42 Å². The van der Waals surface area contributed by atoms with Crippen LogP contribution in [0.25, 0.3) is 0 Å². The average Bonchev–Trinajstić information content (AvgIpc) is 2.69. The third-order valence-electron chi connectivity index (χ3n) is 2.66. The van der Waals surface area contributed by atoms with Gasteiger partial charge in [0.2, 0.25) is 0 Å². The van der Waals surface area contributed by atoms with Crippen molar-refractivity contribution in [1.29, 1.82) is 0 Å². The molecule has 1 aliphatic carbocycles. The Labute approximate surface area is 90.6 Å². The Morgan fingerprint density at radius 3 is 2.60 bits per heavy atom. The van der Waals surface area contributed by atoms with Gasteiger partial charge in [-0.2, -0.15) is 0 Å². The highest BCUT2D eigenvalue weighted by atomic mass is 32.2. The Kier molecular flexibility index (Phi) is 2.65. The zero-order chi connectivity index (χ0) is 10.9. The molecule has 0 atom stereocenters. The quantitative estimate of drug-likeness (QED) is 0.718. The fraction of sp³-hybridized carbons (Fsp3) is 0.333. The van der Waals surface area contributed by atoms with Crippen molar-refractivity contribution >= 4 is 9.84 Å². The van der Waals surface area contributed by atoms with Gasteiger partial charge in [0.25, 0.3) is 0 Å². The summed E-state index contributed by atoms with van der Waals surface area (Å²) < 4.78 is 23.1. The molecule has 2 rings (SSSR count). The van der Waals surface area contributed by atoms with Crippen LogP contribution < -0.4 is 0 Å². The van der Waals surface area contributed by atoms with Crippen LogP contribution in [0.5, 0.6) is 0 Å². The Bertz CT molecular complexity index is 478. The van der Waals surface area contributed by atoms with E-state index >= 15 is 0 Å². The fourth-order valence-corrected chi connectivity index (χ4v) is 2.88. The van der Waals surface area contributed by atoms with Gasteiger partial charge in [-0.3, -0.25) is 0 Å². The van der Waals surface area contributed by atoms with Crippen molar-refractivity contribution in [1.82, 2.24) is 0 Å². The van der Waals surface area contributed by atoms with Crippen LogP contribution in [-0.2, 0) is 9.84 Å². The topological polar surface area (TPSA) is 34.1 Å². The van der Waals surface area contributed by atoms with Gasteiger partial charge in [-0.05, 0) is 36.5 Å². The number of allylic oxidation sites excluding steroid dienone is 2. The summed E-state index contributed by atoms with van der Waals surface area (Å²) in [6.45, 7) is 0. The molecule has 0 spiro atoms. The SMILES string of the molecule is CS(=O)(=O)c1ccc[c]c1C1CC=CC1. The van der Waals surface area contributed by atoms with E-state index in [1.807, 2.05) is 0 Å². The molecule has 79 valence electrons. The van der Waals surface area contributed by atoms with Gasteiger partial charge in [0.05, 0.1) is 4.90 Å². The minimum absolute atomic E-state index is 0.288. The van der Waals surface area contributed by atoms with E-state index in [-0.39, 0.29) is 5.92 Å². The van der Waals surface area contributed by atoms with Crippen LogP contribution in [0.4, 0.5) is 0 Å². The summed E-state index contributed by atoms with van der Waals surface area (Å²) >= 11 is 0. The third kappa shape index (κ3) is 2.12. The summed E-state index contributed by atoms with van der Waals surface area (Å²) in [6.07, 6.45) is 7.28. The molecule has 0 aliphatic heterocycles. The molecule has 0 unspecified atom stereocenters.